The Bertz CT molecular complexity index is 1620. The minimum absolute atomic E-state index is 0.00407. The van der Waals surface area contributed by atoms with E-state index in [0.717, 1.165) is 0 Å². The van der Waals surface area contributed by atoms with Gasteiger partial charge in [0, 0.05) is 29.9 Å². The van der Waals surface area contributed by atoms with E-state index in [0.29, 0.717) is 48.4 Å². The van der Waals surface area contributed by atoms with Crippen molar-refractivity contribution in [2.45, 2.75) is 63.3 Å². The summed E-state index contributed by atoms with van der Waals surface area (Å²) >= 11 is 5.95. The van der Waals surface area contributed by atoms with Gasteiger partial charge in [-0.1, -0.05) is 48.0 Å². The van der Waals surface area contributed by atoms with Crippen LogP contribution >= 0.6 is 11.6 Å². The second-order valence-electron chi connectivity index (χ2n) is 12.4. The highest BCUT2D eigenvalue weighted by molar-refractivity contribution is 6.30. The van der Waals surface area contributed by atoms with Crippen molar-refractivity contribution in [1.82, 2.24) is 5.32 Å². The maximum atomic E-state index is 12.4. The molecule has 0 aromatic heterocycles. The van der Waals surface area contributed by atoms with Crippen molar-refractivity contribution < 1.29 is 58.6 Å². The standard InChI is InChI=1S/C38H47ClN2O13/c1-50-35-21-26(14-18-37(46)51-19-6-7-20-53-41(48)49)13-17-34(35)54-38(47)24-40-36(45)12-5-3-2-4-11-30-31(33(44)23-32(30)43)16-15-28(42)25-52-29-10-8-9-27(39)22-29/h2,4,8-10,13-18,21-22,28,30-33,42-44H,3,5-7,11-12,19-20,23-25H2,1H3,(H,40,45)/t28-,30-,31-,32+,33-/m1/s1. The summed E-state index contributed by atoms with van der Waals surface area (Å²) in [6.45, 7) is -0.359. The Morgan fingerprint density at radius 3 is 2.61 bits per heavy atom. The molecule has 0 radical (unpaired) electrons. The molecule has 1 amide bonds. The zero-order valence-corrected chi connectivity index (χ0v) is 30.7. The highest BCUT2D eigenvalue weighted by atomic mass is 35.5. The fraction of sp³-hybridized carbons (Fsp3) is 0.447. The van der Waals surface area contributed by atoms with Gasteiger partial charge < -0.3 is 44.4 Å². The van der Waals surface area contributed by atoms with Gasteiger partial charge in [-0.2, -0.15) is 0 Å². The number of hydrogen-bond donors (Lipinski definition) is 4. The molecular formula is C38H47ClN2O13. The van der Waals surface area contributed by atoms with Gasteiger partial charge in [0.25, 0.3) is 5.09 Å². The lowest BCUT2D eigenvalue weighted by Gasteiger charge is -2.19. The third-order valence-electron chi connectivity index (χ3n) is 8.27. The third kappa shape index (κ3) is 16.4. The van der Waals surface area contributed by atoms with Gasteiger partial charge in [-0.15, -0.1) is 10.1 Å². The fourth-order valence-corrected chi connectivity index (χ4v) is 5.71. The minimum atomic E-state index is -0.917. The number of carbonyl (C=O) groups is 3. The molecule has 0 heterocycles. The number of unbranched alkanes of at least 4 members (excludes halogenated alkanes) is 2. The second kappa shape index (κ2) is 23.7. The molecule has 0 spiro atoms. The lowest BCUT2D eigenvalue weighted by atomic mass is 9.89. The molecule has 2 aromatic carbocycles. The van der Waals surface area contributed by atoms with Crippen molar-refractivity contribution in [2.24, 2.45) is 11.8 Å². The number of benzene rings is 2. The number of halogens is 1. The summed E-state index contributed by atoms with van der Waals surface area (Å²) < 4.78 is 21.2. The number of ether oxygens (including phenoxy) is 4. The van der Waals surface area contributed by atoms with E-state index in [4.69, 9.17) is 30.5 Å². The van der Waals surface area contributed by atoms with E-state index in [-0.39, 0.29) is 68.4 Å². The Balaban J connectivity index is 1.33. The van der Waals surface area contributed by atoms with Crippen LogP contribution in [-0.4, -0.2) is 90.0 Å². The molecule has 4 N–H and O–H groups in total. The number of aliphatic hydroxyl groups is 3. The first-order valence-electron chi connectivity index (χ1n) is 17.5. The Kier molecular flexibility index (Phi) is 19.0. The molecule has 0 unspecified atom stereocenters. The highest BCUT2D eigenvalue weighted by Gasteiger charge is 2.39. The SMILES string of the molecule is COc1cc(C=CC(=O)OCCCCO[N+](=O)[O-])ccc1OC(=O)CNC(=O)CCCC=CC[C@@H]1[C@@H](C=C[C@@H](O)COc2cccc(Cl)c2)[C@H](O)C[C@@H]1O. The molecule has 15 nitrogen and oxygen atoms in total. The van der Waals surface area contributed by atoms with Crippen LogP contribution in [0.5, 0.6) is 17.2 Å². The quantitative estimate of drug-likeness (QED) is 0.0235. The van der Waals surface area contributed by atoms with Gasteiger partial charge >= 0.3 is 11.9 Å². The predicted molar refractivity (Wildman–Crippen MR) is 197 cm³/mol. The van der Waals surface area contributed by atoms with Gasteiger partial charge in [0.2, 0.25) is 5.91 Å². The number of rotatable bonds is 23. The van der Waals surface area contributed by atoms with E-state index in [2.05, 4.69) is 10.2 Å². The van der Waals surface area contributed by atoms with Crippen LogP contribution in [0, 0.1) is 22.0 Å². The lowest BCUT2D eigenvalue weighted by molar-refractivity contribution is -0.757. The van der Waals surface area contributed by atoms with Crippen molar-refractivity contribution in [3.8, 4) is 17.2 Å². The normalized spacial score (nSPS) is 18.8. The summed E-state index contributed by atoms with van der Waals surface area (Å²) in [5.41, 5.74) is 0.561. The summed E-state index contributed by atoms with van der Waals surface area (Å²) in [7, 11) is 1.38. The molecule has 0 saturated heterocycles. The number of allylic oxidation sites excluding steroid dienone is 2. The largest absolute Gasteiger partial charge is 0.493 e. The molecule has 0 aliphatic heterocycles. The maximum Gasteiger partial charge on any atom is 0.330 e. The Hall–Kier alpha value is -4.96. The van der Waals surface area contributed by atoms with E-state index in [1.165, 1.54) is 25.3 Å². The number of nitrogens with zero attached hydrogens (tertiary/aromatic N) is 1. The number of hydrogen-bond acceptors (Lipinski definition) is 13. The zero-order valence-electron chi connectivity index (χ0n) is 29.9. The van der Waals surface area contributed by atoms with Crippen LogP contribution in [0.15, 0.2) is 72.8 Å². The molecule has 1 aliphatic rings. The number of amides is 1. The number of esters is 2. The number of nitrogens with one attached hydrogen (secondary N) is 1. The number of carbonyl (C=O) groups excluding carboxylic acids is 3. The van der Waals surface area contributed by atoms with Gasteiger partial charge in [0.05, 0.1) is 32.5 Å². The highest BCUT2D eigenvalue weighted by Crippen LogP contribution is 2.36. The van der Waals surface area contributed by atoms with Crippen LogP contribution in [0.25, 0.3) is 6.08 Å². The summed E-state index contributed by atoms with van der Waals surface area (Å²) in [5, 5.41) is 43.6. The van der Waals surface area contributed by atoms with E-state index >= 15 is 0 Å². The van der Waals surface area contributed by atoms with Crippen molar-refractivity contribution in [1.29, 1.82) is 0 Å². The summed E-state index contributed by atoms with van der Waals surface area (Å²) in [5.74, 6) is -1.37. The van der Waals surface area contributed by atoms with Crippen molar-refractivity contribution in [2.75, 3.05) is 33.5 Å². The minimum Gasteiger partial charge on any atom is -0.493 e. The average Bonchev–Trinajstić information content (AvgIpc) is 3.41. The fourth-order valence-electron chi connectivity index (χ4n) is 5.53. The molecule has 16 heteroatoms. The van der Waals surface area contributed by atoms with Crippen LogP contribution in [0.2, 0.25) is 5.02 Å². The van der Waals surface area contributed by atoms with Crippen molar-refractivity contribution >= 4 is 35.5 Å². The maximum absolute atomic E-state index is 12.4. The molecule has 3 rings (SSSR count). The Morgan fingerprint density at radius 1 is 1.06 bits per heavy atom. The smallest absolute Gasteiger partial charge is 0.330 e. The summed E-state index contributed by atoms with van der Waals surface area (Å²) in [6, 6.07) is 11.5. The topological polar surface area (TPSA) is 213 Å². The summed E-state index contributed by atoms with van der Waals surface area (Å²) in [6.07, 6.45) is 10.2. The number of methoxy groups -OCH3 is 1. The predicted octanol–water partition coefficient (Wildman–Crippen LogP) is 4.39. The zero-order chi connectivity index (χ0) is 39.3. The Morgan fingerprint density at radius 2 is 1.85 bits per heavy atom. The third-order valence-corrected chi connectivity index (χ3v) is 8.51. The van der Waals surface area contributed by atoms with Crippen molar-refractivity contribution in [3.63, 3.8) is 0 Å². The molecule has 2 aromatic rings. The molecular weight excluding hydrogens is 728 g/mol. The first kappa shape index (κ1) is 43.4. The van der Waals surface area contributed by atoms with Crippen LogP contribution in [-0.2, 0) is 24.0 Å². The van der Waals surface area contributed by atoms with Gasteiger partial charge in [0.15, 0.2) is 11.5 Å². The van der Waals surface area contributed by atoms with E-state index in [9.17, 15) is 39.8 Å². The van der Waals surface area contributed by atoms with Crippen LogP contribution < -0.4 is 19.5 Å². The molecule has 5 atom stereocenters. The van der Waals surface area contributed by atoms with Gasteiger partial charge in [-0.3, -0.25) is 4.79 Å². The number of aliphatic hydroxyl groups excluding tert-OH is 3. The molecule has 1 fully saturated rings. The van der Waals surface area contributed by atoms with E-state index < -0.39 is 35.3 Å². The molecule has 1 saturated carbocycles. The first-order valence-corrected chi connectivity index (χ1v) is 17.9. The van der Waals surface area contributed by atoms with Gasteiger partial charge in [-0.05, 0) is 80.0 Å². The van der Waals surface area contributed by atoms with Crippen molar-refractivity contribution in [3.05, 3.63) is 93.5 Å². The summed E-state index contributed by atoms with van der Waals surface area (Å²) in [4.78, 5) is 50.9. The Labute approximate surface area is 318 Å². The lowest BCUT2D eigenvalue weighted by Crippen LogP contribution is -2.31. The monoisotopic (exact) mass is 774 g/mol. The van der Waals surface area contributed by atoms with Gasteiger partial charge in [0.1, 0.15) is 25.0 Å². The van der Waals surface area contributed by atoms with E-state index in [1.54, 1.807) is 48.6 Å². The van der Waals surface area contributed by atoms with E-state index in [1.807, 2.05) is 12.2 Å². The average molecular weight is 775 g/mol. The molecule has 0 bridgehead atoms. The second-order valence-corrected chi connectivity index (χ2v) is 12.8. The van der Waals surface area contributed by atoms with Gasteiger partial charge in [-0.25, -0.2) is 9.59 Å². The molecule has 294 valence electrons. The molecule has 1 aliphatic carbocycles. The molecule has 54 heavy (non-hydrogen) atoms. The first-order chi connectivity index (χ1) is 25.9. The van der Waals surface area contributed by atoms with Crippen LogP contribution in [0.3, 0.4) is 0 Å². The van der Waals surface area contributed by atoms with Crippen LogP contribution in [0.1, 0.15) is 50.5 Å². The van der Waals surface area contributed by atoms with Crippen LogP contribution in [0.4, 0.5) is 0 Å².